The van der Waals surface area contributed by atoms with Crippen LogP contribution in [0.1, 0.15) is 32.4 Å². The summed E-state index contributed by atoms with van der Waals surface area (Å²) >= 11 is 0. The number of hydrogen-bond acceptors (Lipinski definition) is 6. The van der Waals surface area contributed by atoms with Gasteiger partial charge in [0.15, 0.2) is 5.96 Å². The first-order chi connectivity index (χ1) is 14.9. The van der Waals surface area contributed by atoms with Gasteiger partial charge in [-0.1, -0.05) is 0 Å². The monoisotopic (exact) mass is 435 g/mol. The van der Waals surface area contributed by atoms with Crippen LogP contribution in [0.2, 0.25) is 0 Å². The van der Waals surface area contributed by atoms with Crippen LogP contribution in [0, 0.1) is 0 Å². The molecular weight excluding hydrogens is 398 g/mol. The molecule has 0 bridgehead atoms. The number of benzene rings is 1. The summed E-state index contributed by atoms with van der Waals surface area (Å²) in [7, 11) is 3.16. The van der Waals surface area contributed by atoms with Gasteiger partial charge in [0.05, 0.1) is 27.3 Å². The number of carbonyl (C=O) groups is 1. The summed E-state index contributed by atoms with van der Waals surface area (Å²) in [5, 5.41) is 17.0. The first kappa shape index (κ1) is 24.7. The molecule has 0 aromatic heterocycles. The molecule has 0 spiro atoms. The van der Waals surface area contributed by atoms with Crippen LogP contribution in [0.15, 0.2) is 23.2 Å². The Balaban J connectivity index is 1.99. The van der Waals surface area contributed by atoms with Gasteiger partial charge in [-0.3, -0.25) is 14.7 Å². The van der Waals surface area contributed by atoms with Crippen molar-refractivity contribution in [1.82, 2.24) is 20.4 Å². The Hall–Kier alpha value is -2.52. The average Bonchev–Trinajstić information content (AvgIpc) is 2.76. The maximum atomic E-state index is 12.0. The van der Waals surface area contributed by atoms with E-state index in [0.29, 0.717) is 23.6 Å². The highest BCUT2D eigenvalue weighted by Crippen LogP contribution is 2.29. The first-order valence-corrected chi connectivity index (χ1v) is 10.8. The Bertz CT molecular complexity index is 733. The SMILES string of the molecule is CCNC(=NCC(O)c1cc(OC)ccc1OC)N1CCN(CC(=O)NC(C)C)CC1. The number of aliphatic imine (C=N–C) groups is 1. The Morgan fingerprint density at radius 1 is 1.19 bits per heavy atom. The number of ether oxygens (including phenoxy) is 2. The van der Waals surface area contributed by atoms with Gasteiger partial charge in [0.25, 0.3) is 0 Å². The van der Waals surface area contributed by atoms with Gasteiger partial charge in [0.2, 0.25) is 5.91 Å². The molecule has 3 N–H and O–H groups in total. The fourth-order valence-corrected chi connectivity index (χ4v) is 3.49. The van der Waals surface area contributed by atoms with E-state index in [0.717, 1.165) is 38.7 Å². The maximum Gasteiger partial charge on any atom is 0.234 e. The quantitative estimate of drug-likeness (QED) is 0.391. The molecule has 174 valence electrons. The summed E-state index contributed by atoms with van der Waals surface area (Å²) in [5.74, 6) is 2.07. The summed E-state index contributed by atoms with van der Waals surface area (Å²) in [6.45, 7) is 10.4. The predicted molar refractivity (Wildman–Crippen MR) is 122 cm³/mol. The number of aliphatic hydroxyl groups excluding tert-OH is 1. The maximum absolute atomic E-state index is 12.0. The van der Waals surface area contributed by atoms with Gasteiger partial charge in [-0.25, -0.2) is 0 Å². The van der Waals surface area contributed by atoms with E-state index in [1.54, 1.807) is 32.4 Å². The van der Waals surface area contributed by atoms with Crippen LogP contribution in [0.4, 0.5) is 0 Å². The molecule has 1 heterocycles. The highest BCUT2D eigenvalue weighted by Gasteiger charge is 2.22. The van der Waals surface area contributed by atoms with E-state index in [1.807, 2.05) is 20.8 Å². The summed E-state index contributed by atoms with van der Waals surface area (Å²) in [6.07, 6.45) is -0.820. The van der Waals surface area contributed by atoms with E-state index in [1.165, 1.54) is 0 Å². The Labute approximate surface area is 185 Å². The molecule has 1 atom stereocenters. The summed E-state index contributed by atoms with van der Waals surface area (Å²) in [4.78, 5) is 21.0. The second-order valence-electron chi connectivity index (χ2n) is 7.80. The van der Waals surface area contributed by atoms with Crippen LogP contribution in [-0.4, -0.2) is 92.8 Å². The zero-order valence-electron chi connectivity index (χ0n) is 19.4. The van der Waals surface area contributed by atoms with Crippen LogP contribution in [0.3, 0.4) is 0 Å². The van der Waals surface area contributed by atoms with Crippen molar-refractivity contribution in [2.24, 2.45) is 4.99 Å². The Kier molecular flexibility index (Phi) is 9.87. The number of aliphatic hydroxyl groups is 1. The third-order valence-corrected chi connectivity index (χ3v) is 5.03. The number of piperazine rings is 1. The van der Waals surface area contributed by atoms with E-state index in [2.05, 4.69) is 25.4 Å². The minimum atomic E-state index is -0.820. The van der Waals surface area contributed by atoms with Crippen molar-refractivity contribution < 1.29 is 19.4 Å². The first-order valence-electron chi connectivity index (χ1n) is 10.8. The molecule has 9 nitrogen and oxygen atoms in total. The molecule has 0 aliphatic carbocycles. The lowest BCUT2D eigenvalue weighted by Crippen LogP contribution is -2.54. The third kappa shape index (κ3) is 7.59. The minimum Gasteiger partial charge on any atom is -0.497 e. The molecule has 0 saturated carbocycles. The van der Waals surface area contributed by atoms with Crippen molar-refractivity contribution in [2.45, 2.75) is 32.9 Å². The molecule has 1 aromatic carbocycles. The number of hydrogen-bond donors (Lipinski definition) is 3. The van der Waals surface area contributed by atoms with Crippen LogP contribution in [-0.2, 0) is 4.79 Å². The zero-order valence-corrected chi connectivity index (χ0v) is 19.4. The van der Waals surface area contributed by atoms with Gasteiger partial charge in [-0.2, -0.15) is 0 Å². The topological polar surface area (TPSA) is 98.7 Å². The highest BCUT2D eigenvalue weighted by molar-refractivity contribution is 5.80. The second-order valence-corrected chi connectivity index (χ2v) is 7.80. The van der Waals surface area contributed by atoms with E-state index >= 15 is 0 Å². The van der Waals surface area contributed by atoms with Gasteiger partial charge in [0, 0.05) is 44.3 Å². The van der Waals surface area contributed by atoms with Gasteiger partial charge in [-0.15, -0.1) is 0 Å². The van der Waals surface area contributed by atoms with E-state index in [-0.39, 0.29) is 18.5 Å². The lowest BCUT2D eigenvalue weighted by Gasteiger charge is -2.36. The van der Waals surface area contributed by atoms with Crippen molar-refractivity contribution in [1.29, 1.82) is 0 Å². The number of nitrogens with one attached hydrogen (secondary N) is 2. The molecule has 1 amide bonds. The largest absolute Gasteiger partial charge is 0.497 e. The lowest BCUT2D eigenvalue weighted by molar-refractivity contribution is -0.123. The molecule has 1 aromatic rings. The van der Waals surface area contributed by atoms with Crippen molar-refractivity contribution >= 4 is 11.9 Å². The van der Waals surface area contributed by atoms with Crippen LogP contribution < -0.4 is 20.1 Å². The van der Waals surface area contributed by atoms with Crippen LogP contribution >= 0.6 is 0 Å². The molecular formula is C22H37N5O4. The van der Waals surface area contributed by atoms with Crippen molar-refractivity contribution in [2.75, 3.05) is 60.0 Å². The van der Waals surface area contributed by atoms with E-state index in [9.17, 15) is 9.90 Å². The predicted octanol–water partition coefficient (Wildman–Crippen LogP) is 0.845. The zero-order chi connectivity index (χ0) is 22.8. The minimum absolute atomic E-state index is 0.0550. The standard InChI is InChI=1S/C22H37N5O4/c1-6-23-22(27-11-9-26(10-12-27)15-21(29)25-16(2)3)24-14-19(28)18-13-17(30-4)7-8-20(18)31-5/h7-8,13,16,19,28H,6,9-12,14-15H2,1-5H3,(H,23,24)(H,25,29). The number of carbonyl (C=O) groups excluding carboxylic acids is 1. The average molecular weight is 436 g/mol. The number of rotatable bonds is 9. The molecule has 1 fully saturated rings. The number of nitrogens with zero attached hydrogens (tertiary/aromatic N) is 3. The molecule has 31 heavy (non-hydrogen) atoms. The van der Waals surface area contributed by atoms with E-state index < -0.39 is 6.10 Å². The van der Waals surface area contributed by atoms with Gasteiger partial charge in [-0.05, 0) is 39.0 Å². The molecule has 1 aliphatic heterocycles. The Morgan fingerprint density at radius 2 is 1.90 bits per heavy atom. The fraction of sp³-hybridized carbons (Fsp3) is 0.636. The van der Waals surface area contributed by atoms with Crippen LogP contribution in [0.25, 0.3) is 0 Å². The summed E-state index contributed by atoms with van der Waals surface area (Å²) < 4.78 is 10.6. The smallest absolute Gasteiger partial charge is 0.234 e. The molecule has 9 heteroatoms. The van der Waals surface area contributed by atoms with Crippen molar-refractivity contribution in [3.05, 3.63) is 23.8 Å². The van der Waals surface area contributed by atoms with Gasteiger partial charge < -0.3 is 30.1 Å². The van der Waals surface area contributed by atoms with E-state index in [4.69, 9.17) is 9.47 Å². The highest BCUT2D eigenvalue weighted by atomic mass is 16.5. The Morgan fingerprint density at radius 3 is 2.48 bits per heavy atom. The molecule has 1 saturated heterocycles. The third-order valence-electron chi connectivity index (χ3n) is 5.03. The van der Waals surface area contributed by atoms with Crippen LogP contribution in [0.5, 0.6) is 11.5 Å². The van der Waals surface area contributed by atoms with Gasteiger partial charge in [0.1, 0.15) is 17.6 Å². The second kappa shape index (κ2) is 12.4. The molecule has 1 aliphatic rings. The summed E-state index contributed by atoms with van der Waals surface area (Å²) in [5.41, 5.74) is 0.641. The molecule has 0 radical (unpaired) electrons. The molecule has 2 rings (SSSR count). The lowest BCUT2D eigenvalue weighted by atomic mass is 10.1. The van der Waals surface area contributed by atoms with Crippen molar-refractivity contribution in [3.8, 4) is 11.5 Å². The summed E-state index contributed by atoms with van der Waals surface area (Å²) in [6, 6.07) is 5.49. The molecule has 1 unspecified atom stereocenters. The normalized spacial score (nSPS) is 16.2. The fourth-order valence-electron chi connectivity index (χ4n) is 3.49. The number of amides is 1. The van der Waals surface area contributed by atoms with Crippen molar-refractivity contribution in [3.63, 3.8) is 0 Å². The number of methoxy groups -OCH3 is 2. The van der Waals surface area contributed by atoms with Gasteiger partial charge >= 0.3 is 0 Å². The number of guanidine groups is 1.